The van der Waals surface area contributed by atoms with Gasteiger partial charge in [-0.2, -0.15) is 5.10 Å². The summed E-state index contributed by atoms with van der Waals surface area (Å²) in [7, 11) is 0. The predicted molar refractivity (Wildman–Crippen MR) is 117 cm³/mol. The van der Waals surface area contributed by atoms with Gasteiger partial charge in [-0.3, -0.25) is 19.4 Å². The summed E-state index contributed by atoms with van der Waals surface area (Å²) in [6, 6.07) is 6.25. The van der Waals surface area contributed by atoms with Crippen molar-refractivity contribution < 1.29 is 4.79 Å². The van der Waals surface area contributed by atoms with Gasteiger partial charge in [0.25, 0.3) is 0 Å². The number of aryl methyl sites for hydroxylation is 2. The highest BCUT2D eigenvalue weighted by atomic mass is 32.2. The van der Waals surface area contributed by atoms with Crippen LogP contribution in [0.15, 0.2) is 35.7 Å². The number of piperazine rings is 1. The van der Waals surface area contributed by atoms with Gasteiger partial charge < -0.3 is 4.90 Å². The number of benzene rings is 1. The quantitative estimate of drug-likeness (QED) is 0.611. The maximum atomic E-state index is 12.8. The van der Waals surface area contributed by atoms with Crippen LogP contribution in [0.25, 0.3) is 5.69 Å². The first-order chi connectivity index (χ1) is 14.5. The molecule has 30 heavy (non-hydrogen) atoms. The van der Waals surface area contributed by atoms with Gasteiger partial charge in [0.05, 0.1) is 18.0 Å². The Hall–Kier alpha value is -2.65. The average Bonchev–Trinajstić information content (AvgIpc) is 3.37. The standard InChI is InChI=1S/C21H27N7OS/c1-15-5-4-6-18(16(15)2)28-8-7-22-21(28)30-14-20(29)27-11-9-26(10-12-27)13-19-23-17(3)24-25-19/h4-8H,9-14H2,1-3H3,(H,23,24,25). The number of rotatable bonds is 6. The zero-order chi connectivity index (χ0) is 21.1. The summed E-state index contributed by atoms with van der Waals surface area (Å²) >= 11 is 1.49. The molecule has 1 aliphatic heterocycles. The van der Waals surface area contributed by atoms with Crippen molar-refractivity contribution in [3.63, 3.8) is 0 Å². The number of amides is 1. The van der Waals surface area contributed by atoms with E-state index < -0.39 is 0 Å². The molecule has 1 aliphatic rings. The molecule has 0 unspecified atom stereocenters. The molecule has 0 radical (unpaired) electrons. The highest BCUT2D eigenvalue weighted by molar-refractivity contribution is 7.99. The van der Waals surface area contributed by atoms with Gasteiger partial charge in [0.1, 0.15) is 5.82 Å². The fourth-order valence-corrected chi connectivity index (χ4v) is 4.48. The molecule has 0 aliphatic carbocycles. The highest BCUT2D eigenvalue weighted by Gasteiger charge is 2.22. The summed E-state index contributed by atoms with van der Waals surface area (Å²) in [6.07, 6.45) is 3.75. The van der Waals surface area contributed by atoms with Crippen molar-refractivity contribution in [2.45, 2.75) is 32.5 Å². The van der Waals surface area contributed by atoms with Crippen LogP contribution >= 0.6 is 11.8 Å². The molecule has 3 heterocycles. The third-order valence-electron chi connectivity index (χ3n) is 5.50. The van der Waals surface area contributed by atoms with E-state index in [2.05, 4.69) is 61.7 Å². The van der Waals surface area contributed by atoms with E-state index in [9.17, 15) is 4.79 Å². The van der Waals surface area contributed by atoms with Crippen LogP contribution in [0.5, 0.6) is 0 Å². The summed E-state index contributed by atoms with van der Waals surface area (Å²) in [5.41, 5.74) is 3.57. The van der Waals surface area contributed by atoms with Gasteiger partial charge in [-0.05, 0) is 38.0 Å². The zero-order valence-electron chi connectivity index (χ0n) is 17.6. The Labute approximate surface area is 180 Å². The maximum Gasteiger partial charge on any atom is 0.233 e. The number of hydrogen-bond donors (Lipinski definition) is 1. The van der Waals surface area contributed by atoms with Crippen molar-refractivity contribution in [3.05, 3.63) is 53.4 Å². The summed E-state index contributed by atoms with van der Waals surface area (Å²) in [4.78, 5) is 25.8. The lowest BCUT2D eigenvalue weighted by Crippen LogP contribution is -2.48. The SMILES string of the molecule is Cc1nc(CN2CCN(C(=O)CSc3nccn3-c3cccc(C)c3C)CC2)n[nH]1. The minimum Gasteiger partial charge on any atom is -0.339 e. The van der Waals surface area contributed by atoms with E-state index in [1.54, 1.807) is 6.20 Å². The molecule has 1 amide bonds. The molecule has 0 bridgehead atoms. The first-order valence-corrected chi connectivity index (χ1v) is 11.1. The Bertz CT molecular complexity index is 1020. The van der Waals surface area contributed by atoms with E-state index in [1.807, 2.05) is 18.0 Å². The van der Waals surface area contributed by atoms with Gasteiger partial charge in [0.2, 0.25) is 5.91 Å². The van der Waals surface area contributed by atoms with Crippen LogP contribution in [-0.2, 0) is 11.3 Å². The Balaban J connectivity index is 1.31. The van der Waals surface area contributed by atoms with Crippen LogP contribution in [0, 0.1) is 20.8 Å². The lowest BCUT2D eigenvalue weighted by molar-refractivity contribution is -0.130. The molecule has 0 saturated carbocycles. The fraction of sp³-hybridized carbons (Fsp3) is 0.429. The largest absolute Gasteiger partial charge is 0.339 e. The van der Waals surface area contributed by atoms with Gasteiger partial charge >= 0.3 is 0 Å². The van der Waals surface area contributed by atoms with E-state index in [-0.39, 0.29) is 5.91 Å². The topological polar surface area (TPSA) is 82.9 Å². The smallest absolute Gasteiger partial charge is 0.233 e. The third kappa shape index (κ3) is 4.57. The minimum absolute atomic E-state index is 0.156. The number of H-pyrrole nitrogens is 1. The number of thioether (sulfide) groups is 1. The summed E-state index contributed by atoms with van der Waals surface area (Å²) in [5, 5.41) is 7.91. The van der Waals surface area contributed by atoms with E-state index in [1.165, 1.54) is 22.9 Å². The van der Waals surface area contributed by atoms with Crippen molar-refractivity contribution in [2.24, 2.45) is 0 Å². The number of aromatic nitrogens is 5. The number of aromatic amines is 1. The second-order valence-corrected chi connectivity index (χ2v) is 8.52. The van der Waals surface area contributed by atoms with Crippen LogP contribution in [0.3, 0.4) is 0 Å². The van der Waals surface area contributed by atoms with Gasteiger partial charge in [-0.25, -0.2) is 9.97 Å². The molecule has 1 saturated heterocycles. The Morgan fingerprint density at radius 3 is 2.70 bits per heavy atom. The lowest BCUT2D eigenvalue weighted by Gasteiger charge is -2.34. The predicted octanol–water partition coefficient (Wildman–Crippen LogP) is 2.35. The first-order valence-electron chi connectivity index (χ1n) is 10.1. The molecule has 2 aromatic heterocycles. The summed E-state index contributed by atoms with van der Waals surface area (Å²) in [6.45, 7) is 9.97. The number of imidazole rings is 1. The van der Waals surface area contributed by atoms with Crippen molar-refractivity contribution in [2.75, 3.05) is 31.9 Å². The fourth-order valence-electron chi connectivity index (χ4n) is 3.61. The van der Waals surface area contributed by atoms with Crippen LogP contribution in [0.4, 0.5) is 0 Å². The Kier molecular flexibility index (Phi) is 6.19. The molecule has 4 rings (SSSR count). The van der Waals surface area contributed by atoms with Crippen LogP contribution in [0.2, 0.25) is 0 Å². The number of nitrogens with one attached hydrogen (secondary N) is 1. The summed E-state index contributed by atoms with van der Waals surface area (Å²) < 4.78 is 2.07. The van der Waals surface area contributed by atoms with Crippen molar-refractivity contribution in [3.8, 4) is 5.69 Å². The van der Waals surface area contributed by atoms with Gasteiger partial charge in [0, 0.05) is 38.6 Å². The van der Waals surface area contributed by atoms with Crippen molar-refractivity contribution >= 4 is 17.7 Å². The van der Waals surface area contributed by atoms with Crippen molar-refractivity contribution in [1.82, 2.24) is 34.5 Å². The van der Waals surface area contributed by atoms with Crippen molar-refractivity contribution in [1.29, 1.82) is 0 Å². The van der Waals surface area contributed by atoms with Crippen LogP contribution in [-0.4, -0.2) is 72.4 Å². The van der Waals surface area contributed by atoms with E-state index in [4.69, 9.17) is 0 Å². The molecule has 1 fully saturated rings. The molecule has 0 spiro atoms. The van der Waals surface area contributed by atoms with Crippen LogP contribution in [0.1, 0.15) is 22.8 Å². The number of carbonyl (C=O) groups excluding carboxylic acids is 1. The molecule has 3 aromatic rings. The summed E-state index contributed by atoms with van der Waals surface area (Å²) in [5.74, 6) is 2.18. The molecule has 9 heteroatoms. The first kappa shape index (κ1) is 20.6. The molecule has 1 N–H and O–H groups in total. The zero-order valence-corrected chi connectivity index (χ0v) is 18.4. The molecule has 8 nitrogen and oxygen atoms in total. The second kappa shape index (κ2) is 9.01. The Morgan fingerprint density at radius 1 is 1.17 bits per heavy atom. The number of carbonyl (C=O) groups is 1. The second-order valence-electron chi connectivity index (χ2n) is 7.58. The highest BCUT2D eigenvalue weighted by Crippen LogP contribution is 2.24. The van der Waals surface area contributed by atoms with E-state index in [0.717, 1.165) is 48.7 Å². The van der Waals surface area contributed by atoms with Gasteiger partial charge in [0.15, 0.2) is 11.0 Å². The van der Waals surface area contributed by atoms with Gasteiger partial charge in [-0.1, -0.05) is 23.9 Å². The van der Waals surface area contributed by atoms with Crippen LogP contribution < -0.4 is 0 Å². The Morgan fingerprint density at radius 2 is 1.97 bits per heavy atom. The molecular weight excluding hydrogens is 398 g/mol. The third-order valence-corrected chi connectivity index (χ3v) is 6.45. The van der Waals surface area contributed by atoms with E-state index in [0.29, 0.717) is 12.3 Å². The monoisotopic (exact) mass is 425 g/mol. The van der Waals surface area contributed by atoms with E-state index >= 15 is 0 Å². The van der Waals surface area contributed by atoms with Gasteiger partial charge in [-0.15, -0.1) is 0 Å². The number of nitrogens with zero attached hydrogens (tertiary/aromatic N) is 6. The minimum atomic E-state index is 0.156. The lowest BCUT2D eigenvalue weighted by atomic mass is 10.1. The maximum absolute atomic E-state index is 12.8. The average molecular weight is 426 g/mol. The number of hydrogen-bond acceptors (Lipinski definition) is 6. The molecular formula is C21H27N7OS. The normalized spacial score (nSPS) is 15.0. The molecule has 0 atom stereocenters. The molecule has 158 valence electrons. The molecule has 1 aromatic carbocycles.